The van der Waals surface area contributed by atoms with Crippen molar-refractivity contribution in [2.45, 2.75) is 53.1 Å². The molecule has 19 heavy (non-hydrogen) atoms. The van der Waals surface area contributed by atoms with E-state index in [-0.39, 0.29) is 0 Å². The zero-order chi connectivity index (χ0) is 13.7. The van der Waals surface area contributed by atoms with E-state index >= 15 is 0 Å². The molecule has 108 valence electrons. The second-order valence-corrected chi connectivity index (χ2v) is 5.68. The maximum absolute atomic E-state index is 5.66. The zero-order valence-corrected chi connectivity index (χ0v) is 12.5. The molecule has 0 unspecified atom stereocenters. The molecule has 1 aliphatic heterocycles. The third-order valence-corrected chi connectivity index (χ3v) is 3.50. The second kappa shape index (κ2) is 7.06. The van der Waals surface area contributed by atoms with Crippen molar-refractivity contribution in [1.82, 2.24) is 14.9 Å². The summed E-state index contributed by atoms with van der Waals surface area (Å²) in [6, 6.07) is 0. The molecule has 1 aliphatic rings. The smallest absolute Gasteiger partial charge is 0.108 e. The molecule has 0 atom stereocenters. The van der Waals surface area contributed by atoms with Crippen LogP contribution in [0.3, 0.4) is 0 Å². The first-order valence-electron chi connectivity index (χ1n) is 7.58. The van der Waals surface area contributed by atoms with E-state index in [0.29, 0.717) is 5.92 Å². The van der Waals surface area contributed by atoms with E-state index < -0.39 is 0 Å². The highest BCUT2D eigenvalue weighted by atomic mass is 16.5. The summed E-state index contributed by atoms with van der Waals surface area (Å²) < 4.78 is 8.09. The summed E-state index contributed by atoms with van der Waals surface area (Å²) in [5, 5.41) is 3.39. The number of aromatic nitrogens is 2. The quantitative estimate of drug-likeness (QED) is 0.768. The summed E-state index contributed by atoms with van der Waals surface area (Å²) in [5.74, 6) is 1.86. The minimum Gasteiger partial charge on any atom is -0.381 e. The van der Waals surface area contributed by atoms with Crippen LogP contribution in [0.2, 0.25) is 0 Å². The first-order chi connectivity index (χ1) is 9.22. The Kier molecular flexibility index (Phi) is 5.40. The summed E-state index contributed by atoms with van der Waals surface area (Å²) in [6.45, 7) is 11.3. The number of nitrogens with one attached hydrogen (secondary N) is 1. The van der Waals surface area contributed by atoms with E-state index in [1.165, 1.54) is 17.2 Å². The van der Waals surface area contributed by atoms with E-state index in [0.717, 1.165) is 52.1 Å². The van der Waals surface area contributed by atoms with Gasteiger partial charge in [-0.1, -0.05) is 20.8 Å². The first kappa shape index (κ1) is 14.5. The van der Waals surface area contributed by atoms with Gasteiger partial charge in [-0.15, -0.1) is 0 Å². The molecule has 0 spiro atoms. The predicted octanol–water partition coefficient (Wildman–Crippen LogP) is 2.15. The van der Waals surface area contributed by atoms with E-state index in [9.17, 15) is 0 Å². The first-order valence-corrected chi connectivity index (χ1v) is 7.58. The number of aryl methyl sites for hydroxylation is 1. The van der Waals surface area contributed by atoms with Gasteiger partial charge in [-0.2, -0.15) is 0 Å². The van der Waals surface area contributed by atoms with Gasteiger partial charge in [0.2, 0.25) is 0 Å². The molecule has 0 saturated carbocycles. The molecule has 0 radical (unpaired) electrons. The van der Waals surface area contributed by atoms with E-state index in [2.05, 4.69) is 30.7 Å². The van der Waals surface area contributed by atoms with Crippen LogP contribution in [0.25, 0.3) is 0 Å². The summed E-state index contributed by atoms with van der Waals surface area (Å²) in [5.41, 5.74) is 2.70. The highest BCUT2D eigenvalue weighted by molar-refractivity contribution is 5.20. The second-order valence-electron chi connectivity index (χ2n) is 5.68. The molecular formula is C15H27N3O. The number of hydrogen-bond donors (Lipinski definition) is 1. The lowest BCUT2D eigenvalue weighted by molar-refractivity contribution is 0.105. The highest BCUT2D eigenvalue weighted by Crippen LogP contribution is 2.17. The van der Waals surface area contributed by atoms with Gasteiger partial charge in [0.15, 0.2) is 0 Å². The normalized spacial score (nSPS) is 14.9. The zero-order valence-electron chi connectivity index (χ0n) is 12.5. The molecule has 1 N–H and O–H groups in total. The van der Waals surface area contributed by atoms with Crippen LogP contribution in [0.15, 0.2) is 0 Å². The fourth-order valence-electron chi connectivity index (χ4n) is 2.60. The van der Waals surface area contributed by atoms with Gasteiger partial charge in [-0.05, 0) is 12.3 Å². The summed E-state index contributed by atoms with van der Waals surface area (Å²) in [6.07, 6.45) is 3.20. The monoisotopic (exact) mass is 265 g/mol. The largest absolute Gasteiger partial charge is 0.381 e. The lowest BCUT2D eigenvalue weighted by Gasteiger charge is -2.16. The Balaban J connectivity index is 1.90. The van der Waals surface area contributed by atoms with Crippen molar-refractivity contribution in [3.8, 4) is 0 Å². The topological polar surface area (TPSA) is 39.1 Å². The lowest BCUT2D eigenvalue weighted by Crippen LogP contribution is -2.25. The fraction of sp³-hybridized carbons (Fsp3) is 0.800. The average Bonchev–Trinajstić information content (AvgIpc) is 2.76. The standard InChI is InChI=1S/C15H27N3O/c1-4-15-17-13-10-16-7-6-14(13)18(15)8-5-9-19-11-12(2)3/h12,16H,4-11H2,1-3H3. The van der Waals surface area contributed by atoms with E-state index in [4.69, 9.17) is 9.72 Å². The van der Waals surface area contributed by atoms with Gasteiger partial charge < -0.3 is 14.6 Å². The molecule has 0 aliphatic carbocycles. The fourth-order valence-corrected chi connectivity index (χ4v) is 2.60. The minimum atomic E-state index is 0.623. The molecule has 0 saturated heterocycles. The Morgan fingerprint density at radius 1 is 1.42 bits per heavy atom. The van der Waals surface area contributed by atoms with Crippen LogP contribution in [0.4, 0.5) is 0 Å². The molecule has 4 heteroatoms. The summed E-state index contributed by atoms with van der Waals surface area (Å²) in [4.78, 5) is 4.76. The van der Waals surface area contributed by atoms with Crippen molar-refractivity contribution in [3.05, 3.63) is 17.2 Å². The van der Waals surface area contributed by atoms with Crippen LogP contribution in [-0.2, 0) is 30.7 Å². The van der Waals surface area contributed by atoms with Crippen LogP contribution >= 0.6 is 0 Å². The third kappa shape index (κ3) is 3.80. The predicted molar refractivity (Wildman–Crippen MR) is 77.3 cm³/mol. The van der Waals surface area contributed by atoms with E-state index in [1.807, 2.05) is 0 Å². The Bertz CT molecular complexity index is 398. The number of fused-ring (bicyclic) bond motifs is 1. The SMILES string of the molecule is CCc1nc2c(n1CCCOCC(C)C)CCNC2. The maximum Gasteiger partial charge on any atom is 0.108 e. The van der Waals surface area contributed by atoms with Crippen LogP contribution in [0, 0.1) is 5.92 Å². The minimum absolute atomic E-state index is 0.623. The van der Waals surface area contributed by atoms with Gasteiger partial charge in [-0.25, -0.2) is 4.98 Å². The average molecular weight is 265 g/mol. The molecule has 0 aromatic carbocycles. The van der Waals surface area contributed by atoms with E-state index in [1.54, 1.807) is 0 Å². The Morgan fingerprint density at radius 2 is 2.26 bits per heavy atom. The maximum atomic E-state index is 5.66. The van der Waals surface area contributed by atoms with Gasteiger partial charge in [0.05, 0.1) is 5.69 Å². The summed E-state index contributed by atoms with van der Waals surface area (Å²) in [7, 11) is 0. The molecule has 0 bridgehead atoms. The molecule has 0 amide bonds. The molecule has 1 aromatic heterocycles. The van der Waals surface area contributed by atoms with Crippen LogP contribution in [0.5, 0.6) is 0 Å². The molecule has 0 fully saturated rings. The number of nitrogens with zero attached hydrogens (tertiary/aromatic N) is 2. The van der Waals surface area contributed by atoms with Crippen molar-refractivity contribution in [1.29, 1.82) is 0 Å². The van der Waals surface area contributed by atoms with Gasteiger partial charge in [0, 0.05) is 51.4 Å². The highest BCUT2D eigenvalue weighted by Gasteiger charge is 2.18. The lowest BCUT2D eigenvalue weighted by atomic mass is 10.2. The Morgan fingerprint density at radius 3 is 3.00 bits per heavy atom. The van der Waals surface area contributed by atoms with Gasteiger partial charge >= 0.3 is 0 Å². The molecular weight excluding hydrogens is 238 g/mol. The van der Waals surface area contributed by atoms with Gasteiger partial charge in [-0.3, -0.25) is 0 Å². The number of ether oxygens (including phenoxy) is 1. The van der Waals surface area contributed by atoms with Gasteiger partial charge in [0.25, 0.3) is 0 Å². The van der Waals surface area contributed by atoms with Gasteiger partial charge in [0.1, 0.15) is 5.82 Å². The van der Waals surface area contributed by atoms with Crippen LogP contribution < -0.4 is 5.32 Å². The van der Waals surface area contributed by atoms with Crippen molar-refractivity contribution >= 4 is 0 Å². The van der Waals surface area contributed by atoms with Crippen molar-refractivity contribution in [2.24, 2.45) is 5.92 Å². The number of rotatable bonds is 7. The van der Waals surface area contributed by atoms with Crippen molar-refractivity contribution in [3.63, 3.8) is 0 Å². The molecule has 2 heterocycles. The Hall–Kier alpha value is -0.870. The number of hydrogen-bond acceptors (Lipinski definition) is 3. The molecule has 2 rings (SSSR count). The van der Waals surface area contributed by atoms with Crippen molar-refractivity contribution in [2.75, 3.05) is 19.8 Å². The molecule has 4 nitrogen and oxygen atoms in total. The summed E-state index contributed by atoms with van der Waals surface area (Å²) >= 11 is 0. The van der Waals surface area contributed by atoms with Crippen LogP contribution in [-0.4, -0.2) is 29.3 Å². The van der Waals surface area contributed by atoms with Crippen molar-refractivity contribution < 1.29 is 4.74 Å². The molecule has 1 aromatic rings. The third-order valence-electron chi connectivity index (χ3n) is 3.50. The Labute approximate surface area is 116 Å². The van der Waals surface area contributed by atoms with Crippen LogP contribution in [0.1, 0.15) is 44.4 Å². The number of imidazole rings is 1.